The molecule has 5 nitrogen and oxygen atoms in total. The Hall–Kier alpha value is -1.79. The summed E-state index contributed by atoms with van der Waals surface area (Å²) in [6, 6.07) is 9.03. The number of carbonyl (C=O) groups is 1. The Morgan fingerprint density at radius 1 is 1.38 bits per heavy atom. The normalized spacial score (nSPS) is 18.8. The summed E-state index contributed by atoms with van der Waals surface area (Å²) in [6.45, 7) is 1.47. The number of hydrogen-bond acceptors (Lipinski definition) is 5. The minimum Gasteiger partial charge on any atom is -0.422 e. The van der Waals surface area contributed by atoms with Crippen LogP contribution in [0.1, 0.15) is 16.8 Å². The van der Waals surface area contributed by atoms with Crippen molar-refractivity contribution < 1.29 is 9.21 Å². The third-order valence-electron chi connectivity index (χ3n) is 4.15. The first-order chi connectivity index (χ1) is 11.6. The number of likely N-dealkylation sites (N-methyl/N-ethyl adjacent to an activating group) is 1. The SMILES string of the molecule is CN(C)CC1CSCCCN1C(=O)c1cc2ccccc2oc1=O. The number of fused-ring (bicyclic) bond motifs is 1. The molecule has 0 bridgehead atoms. The summed E-state index contributed by atoms with van der Waals surface area (Å²) in [4.78, 5) is 29.3. The molecule has 1 aromatic carbocycles. The molecule has 24 heavy (non-hydrogen) atoms. The van der Waals surface area contributed by atoms with Gasteiger partial charge in [0.25, 0.3) is 5.91 Å². The molecule has 0 N–H and O–H groups in total. The van der Waals surface area contributed by atoms with Crippen molar-refractivity contribution in [2.45, 2.75) is 12.5 Å². The topological polar surface area (TPSA) is 53.8 Å². The number of nitrogens with zero attached hydrogens (tertiary/aromatic N) is 2. The van der Waals surface area contributed by atoms with Crippen LogP contribution in [0.15, 0.2) is 39.5 Å². The average Bonchev–Trinajstić information content (AvgIpc) is 2.78. The lowest BCUT2D eigenvalue weighted by molar-refractivity contribution is 0.0671. The van der Waals surface area contributed by atoms with Gasteiger partial charge in [0, 0.05) is 24.2 Å². The molecule has 1 amide bonds. The molecule has 0 spiro atoms. The maximum Gasteiger partial charge on any atom is 0.349 e. The maximum absolute atomic E-state index is 13.0. The van der Waals surface area contributed by atoms with Gasteiger partial charge in [0.1, 0.15) is 11.1 Å². The van der Waals surface area contributed by atoms with Gasteiger partial charge in [0.15, 0.2) is 0 Å². The van der Waals surface area contributed by atoms with Crippen molar-refractivity contribution in [1.29, 1.82) is 0 Å². The molecule has 1 aromatic heterocycles. The van der Waals surface area contributed by atoms with E-state index in [0.29, 0.717) is 12.1 Å². The van der Waals surface area contributed by atoms with E-state index in [0.717, 1.165) is 29.9 Å². The fourth-order valence-electron chi connectivity index (χ4n) is 3.03. The lowest BCUT2D eigenvalue weighted by Gasteiger charge is -2.31. The molecule has 1 atom stereocenters. The van der Waals surface area contributed by atoms with Gasteiger partial charge in [0.2, 0.25) is 0 Å². The first-order valence-electron chi connectivity index (χ1n) is 8.12. The number of thioether (sulfide) groups is 1. The molecule has 1 fully saturated rings. The van der Waals surface area contributed by atoms with Crippen LogP contribution in [0.5, 0.6) is 0 Å². The smallest absolute Gasteiger partial charge is 0.349 e. The van der Waals surface area contributed by atoms with E-state index in [-0.39, 0.29) is 17.5 Å². The predicted octanol–water partition coefficient (Wildman–Crippen LogP) is 2.30. The van der Waals surface area contributed by atoms with E-state index in [1.807, 2.05) is 49.0 Å². The van der Waals surface area contributed by atoms with Crippen molar-refractivity contribution in [2.75, 3.05) is 38.7 Å². The monoisotopic (exact) mass is 346 g/mol. The van der Waals surface area contributed by atoms with Gasteiger partial charge in [0.05, 0.1) is 6.04 Å². The van der Waals surface area contributed by atoms with Gasteiger partial charge in [-0.15, -0.1) is 0 Å². The van der Waals surface area contributed by atoms with Crippen LogP contribution in [-0.4, -0.2) is 60.4 Å². The second-order valence-corrected chi connectivity index (χ2v) is 7.48. The molecular weight excluding hydrogens is 324 g/mol. The second kappa shape index (κ2) is 7.40. The van der Waals surface area contributed by atoms with E-state index in [1.165, 1.54) is 0 Å². The van der Waals surface area contributed by atoms with Crippen molar-refractivity contribution in [3.05, 3.63) is 46.3 Å². The predicted molar refractivity (Wildman–Crippen MR) is 97.8 cm³/mol. The zero-order valence-corrected chi connectivity index (χ0v) is 14.8. The van der Waals surface area contributed by atoms with Gasteiger partial charge >= 0.3 is 5.63 Å². The van der Waals surface area contributed by atoms with E-state index in [1.54, 1.807) is 12.1 Å². The van der Waals surface area contributed by atoms with Crippen LogP contribution in [0.2, 0.25) is 0 Å². The van der Waals surface area contributed by atoms with Crippen LogP contribution in [0.4, 0.5) is 0 Å². The number of benzene rings is 1. The van der Waals surface area contributed by atoms with E-state index in [9.17, 15) is 9.59 Å². The third kappa shape index (κ3) is 3.65. The highest BCUT2D eigenvalue weighted by Gasteiger charge is 2.29. The van der Waals surface area contributed by atoms with E-state index in [2.05, 4.69) is 4.90 Å². The number of para-hydroxylation sites is 1. The van der Waals surface area contributed by atoms with E-state index >= 15 is 0 Å². The van der Waals surface area contributed by atoms with Crippen molar-refractivity contribution in [3.8, 4) is 0 Å². The lowest BCUT2D eigenvalue weighted by atomic mass is 10.1. The van der Waals surface area contributed by atoms with Crippen LogP contribution in [0, 0.1) is 0 Å². The Morgan fingerprint density at radius 3 is 2.96 bits per heavy atom. The van der Waals surface area contributed by atoms with Gasteiger partial charge in [-0.2, -0.15) is 11.8 Å². The number of rotatable bonds is 3. The van der Waals surface area contributed by atoms with Crippen molar-refractivity contribution in [1.82, 2.24) is 9.80 Å². The molecule has 2 aromatic rings. The third-order valence-corrected chi connectivity index (χ3v) is 5.35. The number of carbonyl (C=O) groups excluding carboxylic acids is 1. The lowest BCUT2D eigenvalue weighted by Crippen LogP contribution is -2.47. The van der Waals surface area contributed by atoms with E-state index in [4.69, 9.17) is 4.42 Å². The standard InChI is InChI=1S/C18H22N2O3S/c1-19(2)11-14-12-24-9-5-8-20(14)17(21)15-10-13-6-3-4-7-16(13)23-18(15)22/h3-4,6-7,10,14H,5,8-9,11-12H2,1-2H3. The molecule has 1 aliphatic heterocycles. The molecule has 1 unspecified atom stereocenters. The Morgan fingerprint density at radius 2 is 2.17 bits per heavy atom. The molecule has 6 heteroatoms. The molecule has 0 saturated carbocycles. The first-order valence-corrected chi connectivity index (χ1v) is 9.28. The highest BCUT2D eigenvalue weighted by molar-refractivity contribution is 7.99. The summed E-state index contributed by atoms with van der Waals surface area (Å²) in [6.07, 6.45) is 0.944. The molecule has 0 radical (unpaired) electrons. The highest BCUT2D eigenvalue weighted by atomic mass is 32.2. The van der Waals surface area contributed by atoms with Gasteiger partial charge in [-0.25, -0.2) is 4.79 Å². The summed E-state index contributed by atoms with van der Waals surface area (Å²) in [5, 5.41) is 0.772. The highest BCUT2D eigenvalue weighted by Crippen LogP contribution is 2.20. The van der Waals surface area contributed by atoms with Gasteiger partial charge in [-0.05, 0) is 38.4 Å². The van der Waals surface area contributed by atoms with Crippen LogP contribution in [-0.2, 0) is 0 Å². The Labute approximate surface area is 145 Å². The number of hydrogen-bond donors (Lipinski definition) is 0. The fraction of sp³-hybridized carbons (Fsp3) is 0.444. The molecule has 128 valence electrons. The van der Waals surface area contributed by atoms with Crippen LogP contribution >= 0.6 is 11.8 Å². The molecule has 1 saturated heterocycles. The molecule has 1 aliphatic rings. The molecule has 0 aliphatic carbocycles. The second-order valence-electron chi connectivity index (χ2n) is 6.33. The largest absolute Gasteiger partial charge is 0.422 e. The minimum atomic E-state index is -0.556. The van der Waals surface area contributed by atoms with Crippen molar-refractivity contribution in [2.24, 2.45) is 0 Å². The van der Waals surface area contributed by atoms with Crippen molar-refractivity contribution in [3.63, 3.8) is 0 Å². The maximum atomic E-state index is 13.0. The summed E-state index contributed by atoms with van der Waals surface area (Å²) in [5.74, 6) is 1.71. The van der Waals surface area contributed by atoms with Gasteiger partial charge < -0.3 is 14.2 Å². The van der Waals surface area contributed by atoms with Crippen LogP contribution in [0.3, 0.4) is 0 Å². The summed E-state index contributed by atoms with van der Waals surface area (Å²) in [7, 11) is 4.01. The van der Waals surface area contributed by atoms with Gasteiger partial charge in [-0.1, -0.05) is 18.2 Å². The molecular formula is C18H22N2O3S. The summed E-state index contributed by atoms with van der Waals surface area (Å²) < 4.78 is 5.33. The minimum absolute atomic E-state index is 0.103. The van der Waals surface area contributed by atoms with E-state index < -0.39 is 5.63 Å². The fourth-order valence-corrected chi connectivity index (χ4v) is 4.09. The van der Waals surface area contributed by atoms with Crippen molar-refractivity contribution >= 4 is 28.6 Å². The zero-order chi connectivity index (χ0) is 17.1. The zero-order valence-electron chi connectivity index (χ0n) is 14.0. The first kappa shape index (κ1) is 17.0. The Kier molecular flexibility index (Phi) is 5.26. The summed E-state index contributed by atoms with van der Waals surface area (Å²) in [5.41, 5.74) is 0.0823. The molecule has 3 rings (SSSR count). The Balaban J connectivity index is 1.96. The number of amides is 1. The van der Waals surface area contributed by atoms with Crippen LogP contribution < -0.4 is 5.63 Å². The molecule has 2 heterocycles. The summed E-state index contributed by atoms with van der Waals surface area (Å²) >= 11 is 1.87. The average molecular weight is 346 g/mol. The Bertz CT molecular complexity index is 787. The quantitative estimate of drug-likeness (QED) is 0.798. The van der Waals surface area contributed by atoms with Gasteiger partial charge in [-0.3, -0.25) is 4.79 Å². The van der Waals surface area contributed by atoms with Crippen LogP contribution in [0.25, 0.3) is 11.0 Å².